The Labute approximate surface area is 260 Å². The molecule has 7 atom stereocenters. The first-order chi connectivity index (χ1) is 20.7. The van der Waals surface area contributed by atoms with Crippen LogP contribution in [0.1, 0.15) is 79.2 Å². The van der Waals surface area contributed by atoms with Crippen molar-refractivity contribution in [3.8, 4) is 5.75 Å². The summed E-state index contributed by atoms with van der Waals surface area (Å²) in [5, 5.41) is 27.5. The van der Waals surface area contributed by atoms with Crippen LogP contribution in [-0.4, -0.2) is 81.5 Å². The number of phenols is 1. The molecule has 1 fully saturated rings. The molecule has 246 valence electrons. The molecule has 12 heteroatoms. The van der Waals surface area contributed by atoms with E-state index in [0.29, 0.717) is 37.8 Å². The van der Waals surface area contributed by atoms with Crippen molar-refractivity contribution in [1.82, 2.24) is 20.9 Å². The molecule has 12 nitrogen and oxygen atoms in total. The largest absolute Gasteiger partial charge is 0.508 e. The van der Waals surface area contributed by atoms with Crippen LogP contribution in [0.25, 0.3) is 0 Å². The first-order valence-electron chi connectivity index (χ1n) is 15.7. The minimum absolute atomic E-state index is 0.0136. The fraction of sp³-hybridized carbons (Fsp3) is 0.656. The number of benzene rings is 1. The Kier molecular flexibility index (Phi) is 14.1. The number of aromatic hydroxyl groups is 1. The first-order valence-corrected chi connectivity index (χ1v) is 15.7. The third-order valence-corrected chi connectivity index (χ3v) is 8.50. The number of phenolic OH excluding ortho intramolecular Hbond substituents is 1. The number of hydrogen-bond donors (Lipinski definition) is 6. The Morgan fingerprint density at radius 2 is 1.52 bits per heavy atom. The Morgan fingerprint density at radius 3 is 2.07 bits per heavy atom. The van der Waals surface area contributed by atoms with Gasteiger partial charge >= 0.3 is 5.97 Å². The molecular weight excluding hydrogens is 566 g/mol. The van der Waals surface area contributed by atoms with Crippen molar-refractivity contribution < 1.29 is 34.2 Å². The lowest BCUT2D eigenvalue weighted by molar-refractivity contribution is -0.143. The van der Waals surface area contributed by atoms with Gasteiger partial charge in [-0.1, -0.05) is 66.5 Å². The molecule has 0 aliphatic carbocycles. The van der Waals surface area contributed by atoms with Crippen LogP contribution in [0.3, 0.4) is 0 Å². The summed E-state index contributed by atoms with van der Waals surface area (Å²) in [6.07, 6.45) is 2.53. The van der Waals surface area contributed by atoms with Gasteiger partial charge in [0.2, 0.25) is 23.6 Å². The zero-order chi connectivity index (χ0) is 33.1. The van der Waals surface area contributed by atoms with E-state index in [9.17, 15) is 34.2 Å². The van der Waals surface area contributed by atoms with Gasteiger partial charge in [-0.15, -0.1) is 0 Å². The molecule has 4 amide bonds. The van der Waals surface area contributed by atoms with Gasteiger partial charge < -0.3 is 36.8 Å². The molecule has 1 aromatic rings. The number of carboxylic acid groups (broad SMARTS) is 1. The highest BCUT2D eigenvalue weighted by Crippen LogP contribution is 2.21. The highest BCUT2D eigenvalue weighted by molar-refractivity contribution is 5.96. The molecule has 2 rings (SSSR count). The molecule has 1 aliphatic rings. The summed E-state index contributed by atoms with van der Waals surface area (Å²) in [4.78, 5) is 67.2. The zero-order valence-corrected chi connectivity index (χ0v) is 26.8. The Morgan fingerprint density at radius 1 is 0.909 bits per heavy atom. The molecule has 0 saturated carbocycles. The maximum absolute atomic E-state index is 13.8. The third kappa shape index (κ3) is 10.2. The SMILES string of the molecule is CCC(C)C(N)C(=O)N1CCCC1C(=O)NC(Cc1ccc(O)cc1)C(=O)NC(C(=O)NC(CC(C)C)C(=O)O)C(C)CC. The number of likely N-dealkylation sites (tertiary alicyclic amines) is 1. The summed E-state index contributed by atoms with van der Waals surface area (Å²) < 4.78 is 0. The van der Waals surface area contributed by atoms with E-state index < -0.39 is 53.9 Å². The molecule has 44 heavy (non-hydrogen) atoms. The molecule has 1 aliphatic heterocycles. The second kappa shape index (κ2) is 17.0. The number of nitrogens with one attached hydrogen (secondary N) is 3. The van der Waals surface area contributed by atoms with Crippen molar-refractivity contribution in [2.24, 2.45) is 23.5 Å². The van der Waals surface area contributed by atoms with E-state index in [0.717, 1.165) is 0 Å². The van der Waals surface area contributed by atoms with Gasteiger partial charge in [0.05, 0.1) is 6.04 Å². The fourth-order valence-electron chi connectivity index (χ4n) is 5.25. The minimum atomic E-state index is -1.16. The summed E-state index contributed by atoms with van der Waals surface area (Å²) in [6, 6.07) is 1.34. The monoisotopic (exact) mass is 617 g/mol. The number of carbonyl (C=O) groups is 5. The Hall–Kier alpha value is -3.67. The normalized spacial score (nSPS) is 18.9. The van der Waals surface area contributed by atoms with E-state index in [1.165, 1.54) is 17.0 Å². The second-order valence-electron chi connectivity index (χ2n) is 12.4. The van der Waals surface area contributed by atoms with Crippen molar-refractivity contribution in [2.75, 3.05) is 6.54 Å². The highest BCUT2D eigenvalue weighted by atomic mass is 16.4. The van der Waals surface area contributed by atoms with E-state index in [2.05, 4.69) is 16.0 Å². The predicted octanol–water partition coefficient (Wildman–Crippen LogP) is 1.93. The average Bonchev–Trinajstić information content (AvgIpc) is 3.48. The number of hydrogen-bond acceptors (Lipinski definition) is 7. The van der Waals surface area contributed by atoms with Gasteiger partial charge in [0, 0.05) is 13.0 Å². The third-order valence-electron chi connectivity index (χ3n) is 8.50. The van der Waals surface area contributed by atoms with Gasteiger partial charge in [0.25, 0.3) is 0 Å². The van der Waals surface area contributed by atoms with Crippen molar-refractivity contribution >= 4 is 29.6 Å². The van der Waals surface area contributed by atoms with Crippen LogP contribution in [0.5, 0.6) is 5.75 Å². The summed E-state index contributed by atoms with van der Waals surface area (Å²) >= 11 is 0. The maximum atomic E-state index is 13.8. The van der Waals surface area contributed by atoms with E-state index in [1.807, 2.05) is 34.6 Å². The van der Waals surface area contributed by atoms with E-state index >= 15 is 0 Å². The van der Waals surface area contributed by atoms with Crippen LogP contribution in [0.15, 0.2) is 24.3 Å². The van der Waals surface area contributed by atoms with Gasteiger partial charge in [-0.05, 0) is 54.7 Å². The molecule has 0 bridgehead atoms. The molecule has 1 saturated heterocycles. The lowest BCUT2D eigenvalue weighted by Crippen LogP contribution is -2.60. The molecule has 0 radical (unpaired) electrons. The summed E-state index contributed by atoms with van der Waals surface area (Å²) in [5.41, 5.74) is 6.85. The van der Waals surface area contributed by atoms with Crippen LogP contribution < -0.4 is 21.7 Å². The molecule has 7 N–H and O–H groups in total. The lowest BCUT2D eigenvalue weighted by atomic mass is 9.96. The predicted molar refractivity (Wildman–Crippen MR) is 166 cm³/mol. The number of aliphatic carboxylic acids is 1. The lowest BCUT2D eigenvalue weighted by Gasteiger charge is -2.31. The number of rotatable bonds is 16. The highest BCUT2D eigenvalue weighted by Gasteiger charge is 2.39. The Balaban J connectivity index is 2.32. The quantitative estimate of drug-likeness (QED) is 0.162. The van der Waals surface area contributed by atoms with Gasteiger partial charge in [-0.2, -0.15) is 0 Å². The number of nitrogens with two attached hydrogens (primary N) is 1. The summed E-state index contributed by atoms with van der Waals surface area (Å²) in [7, 11) is 0. The van der Waals surface area contributed by atoms with Gasteiger partial charge in [-0.25, -0.2) is 4.79 Å². The van der Waals surface area contributed by atoms with Crippen molar-refractivity contribution in [1.29, 1.82) is 0 Å². The number of carbonyl (C=O) groups excluding carboxylic acids is 4. The summed E-state index contributed by atoms with van der Waals surface area (Å²) in [6.45, 7) is 11.5. The van der Waals surface area contributed by atoms with Crippen molar-refractivity contribution in [2.45, 2.75) is 110 Å². The second-order valence-corrected chi connectivity index (χ2v) is 12.4. The van der Waals surface area contributed by atoms with Gasteiger partial charge in [0.1, 0.15) is 29.9 Å². The zero-order valence-electron chi connectivity index (χ0n) is 26.8. The standard InChI is InChI=1S/C32H51N5O7/c1-7-19(5)26(33)31(42)37-15-9-10-25(37)29(40)34-23(17-21-11-13-22(38)14-12-21)28(39)36-27(20(6)8-2)30(41)35-24(32(43)44)16-18(3)4/h11-14,18-20,23-27,38H,7-10,15-17,33H2,1-6H3,(H,34,40)(H,35,41)(H,36,39)(H,43,44). The topological polar surface area (TPSA) is 191 Å². The molecule has 7 unspecified atom stereocenters. The molecule has 0 aromatic heterocycles. The fourth-order valence-corrected chi connectivity index (χ4v) is 5.25. The number of amides is 4. The molecule has 1 aromatic carbocycles. The van der Waals surface area contributed by atoms with Crippen LogP contribution >= 0.6 is 0 Å². The van der Waals surface area contributed by atoms with E-state index in [4.69, 9.17) is 5.73 Å². The van der Waals surface area contributed by atoms with E-state index in [-0.39, 0.29) is 42.3 Å². The van der Waals surface area contributed by atoms with Crippen LogP contribution in [0.4, 0.5) is 0 Å². The molecular formula is C32H51N5O7. The van der Waals surface area contributed by atoms with Gasteiger partial charge in [-0.3, -0.25) is 19.2 Å². The van der Waals surface area contributed by atoms with Crippen molar-refractivity contribution in [3.63, 3.8) is 0 Å². The maximum Gasteiger partial charge on any atom is 0.326 e. The van der Waals surface area contributed by atoms with E-state index in [1.54, 1.807) is 19.1 Å². The van der Waals surface area contributed by atoms with Crippen LogP contribution in [-0.2, 0) is 30.4 Å². The molecule has 0 spiro atoms. The molecule has 1 heterocycles. The summed E-state index contributed by atoms with van der Waals surface area (Å²) in [5.74, 6) is -3.58. The van der Waals surface area contributed by atoms with Crippen molar-refractivity contribution in [3.05, 3.63) is 29.8 Å². The number of carboxylic acids is 1. The van der Waals surface area contributed by atoms with Crippen LogP contribution in [0, 0.1) is 17.8 Å². The van der Waals surface area contributed by atoms with Gasteiger partial charge in [0.15, 0.2) is 0 Å². The Bertz CT molecular complexity index is 1140. The smallest absolute Gasteiger partial charge is 0.326 e. The number of nitrogens with zero attached hydrogens (tertiary/aromatic N) is 1. The first kappa shape index (κ1) is 36.5. The average molecular weight is 618 g/mol. The minimum Gasteiger partial charge on any atom is -0.508 e. The van der Waals surface area contributed by atoms with Crippen LogP contribution in [0.2, 0.25) is 0 Å².